The van der Waals surface area contributed by atoms with Crippen LogP contribution in [-0.4, -0.2) is 18.1 Å². The molecule has 1 unspecified atom stereocenters. The van der Waals surface area contributed by atoms with Crippen LogP contribution in [0.25, 0.3) is 0 Å². The topological polar surface area (TPSA) is 15.3 Å². The Balaban J connectivity index is 2.05. The second-order valence-electron chi connectivity index (χ2n) is 6.90. The molecule has 1 N–H and O–H groups in total. The van der Waals surface area contributed by atoms with E-state index in [1.807, 2.05) is 0 Å². The second kappa shape index (κ2) is 6.53. The minimum atomic E-state index is 0.337. The summed E-state index contributed by atoms with van der Waals surface area (Å²) < 4.78 is 0. The standard InChI is InChI=1S/C17H28N2/c1-17(2,3)14-16(15-10-6-4-7-11-15)18-19-12-8-5-9-13-19/h4,6-7,10-11,16,18H,5,8-9,12-14H2,1-3H3. The summed E-state index contributed by atoms with van der Waals surface area (Å²) in [7, 11) is 0. The zero-order chi connectivity index (χ0) is 13.7. The lowest BCUT2D eigenvalue weighted by Gasteiger charge is -2.34. The lowest BCUT2D eigenvalue weighted by atomic mass is 9.85. The molecule has 19 heavy (non-hydrogen) atoms. The largest absolute Gasteiger partial charge is 0.248 e. The molecule has 2 nitrogen and oxygen atoms in total. The van der Waals surface area contributed by atoms with E-state index in [1.165, 1.54) is 37.9 Å². The monoisotopic (exact) mass is 260 g/mol. The minimum Gasteiger partial charge on any atom is -0.248 e. The molecule has 2 heteroatoms. The van der Waals surface area contributed by atoms with Gasteiger partial charge in [-0.1, -0.05) is 57.5 Å². The molecule has 0 bridgehead atoms. The fraction of sp³-hybridized carbons (Fsp3) is 0.647. The number of hydrogen-bond donors (Lipinski definition) is 1. The quantitative estimate of drug-likeness (QED) is 0.874. The van der Waals surface area contributed by atoms with Crippen LogP contribution >= 0.6 is 0 Å². The molecule has 0 saturated carbocycles. The van der Waals surface area contributed by atoms with E-state index in [2.05, 4.69) is 61.5 Å². The number of benzene rings is 1. The Hall–Kier alpha value is -0.860. The van der Waals surface area contributed by atoms with E-state index in [-0.39, 0.29) is 0 Å². The van der Waals surface area contributed by atoms with Gasteiger partial charge in [-0.25, -0.2) is 10.4 Å². The highest BCUT2D eigenvalue weighted by Gasteiger charge is 2.22. The molecule has 0 amide bonds. The van der Waals surface area contributed by atoms with Gasteiger partial charge in [-0.2, -0.15) is 0 Å². The van der Waals surface area contributed by atoms with Gasteiger partial charge in [0.2, 0.25) is 0 Å². The molecular weight excluding hydrogens is 232 g/mol. The van der Waals surface area contributed by atoms with E-state index in [9.17, 15) is 0 Å². The first-order chi connectivity index (χ1) is 9.04. The van der Waals surface area contributed by atoms with Gasteiger partial charge < -0.3 is 0 Å². The van der Waals surface area contributed by atoms with Crippen LogP contribution in [0.15, 0.2) is 30.3 Å². The third-order valence-electron chi connectivity index (χ3n) is 3.71. The minimum absolute atomic E-state index is 0.337. The first-order valence-electron chi connectivity index (χ1n) is 7.61. The molecule has 1 aliphatic heterocycles. The van der Waals surface area contributed by atoms with Crippen molar-refractivity contribution in [2.45, 2.75) is 52.5 Å². The summed E-state index contributed by atoms with van der Waals surface area (Å²) in [6, 6.07) is 11.3. The van der Waals surface area contributed by atoms with Crippen LogP contribution in [0, 0.1) is 5.41 Å². The number of piperidine rings is 1. The van der Waals surface area contributed by atoms with Gasteiger partial charge in [0, 0.05) is 19.1 Å². The smallest absolute Gasteiger partial charge is 0.0469 e. The van der Waals surface area contributed by atoms with Gasteiger partial charge in [0.15, 0.2) is 0 Å². The van der Waals surface area contributed by atoms with Gasteiger partial charge in [0.1, 0.15) is 0 Å². The Morgan fingerprint density at radius 3 is 2.26 bits per heavy atom. The normalized spacial score (nSPS) is 19.3. The first kappa shape index (κ1) is 14.5. The van der Waals surface area contributed by atoms with Gasteiger partial charge in [0.25, 0.3) is 0 Å². The highest BCUT2D eigenvalue weighted by atomic mass is 15.5. The highest BCUT2D eigenvalue weighted by molar-refractivity contribution is 5.19. The van der Waals surface area contributed by atoms with E-state index < -0.39 is 0 Å². The van der Waals surface area contributed by atoms with Crippen molar-refractivity contribution in [1.82, 2.24) is 10.4 Å². The van der Waals surface area contributed by atoms with Crippen molar-refractivity contribution in [2.24, 2.45) is 5.41 Å². The number of hydrazine groups is 1. The Kier molecular flexibility index (Phi) is 5.00. The molecule has 1 atom stereocenters. The first-order valence-corrected chi connectivity index (χ1v) is 7.61. The van der Waals surface area contributed by atoms with Crippen LogP contribution in [0.5, 0.6) is 0 Å². The fourth-order valence-electron chi connectivity index (χ4n) is 2.78. The fourth-order valence-corrected chi connectivity index (χ4v) is 2.78. The van der Waals surface area contributed by atoms with Crippen molar-refractivity contribution < 1.29 is 0 Å². The van der Waals surface area contributed by atoms with Crippen molar-refractivity contribution in [1.29, 1.82) is 0 Å². The third-order valence-corrected chi connectivity index (χ3v) is 3.71. The van der Waals surface area contributed by atoms with Crippen LogP contribution in [0.3, 0.4) is 0 Å². The summed E-state index contributed by atoms with van der Waals surface area (Å²) in [5.41, 5.74) is 5.50. The van der Waals surface area contributed by atoms with Gasteiger partial charge in [-0.05, 0) is 30.2 Å². The predicted molar refractivity (Wildman–Crippen MR) is 81.8 cm³/mol. The SMILES string of the molecule is CC(C)(C)CC(NN1CCCCC1)c1ccccc1. The molecule has 0 aromatic heterocycles. The number of rotatable bonds is 4. The third kappa shape index (κ3) is 4.96. The molecule has 2 rings (SSSR count). The average Bonchev–Trinajstić information content (AvgIpc) is 2.39. The van der Waals surface area contributed by atoms with Gasteiger partial charge >= 0.3 is 0 Å². The van der Waals surface area contributed by atoms with E-state index in [0.29, 0.717) is 11.5 Å². The molecule has 106 valence electrons. The number of nitrogens with zero attached hydrogens (tertiary/aromatic N) is 1. The van der Waals surface area contributed by atoms with Crippen molar-refractivity contribution in [3.63, 3.8) is 0 Å². The maximum absolute atomic E-state index is 3.76. The summed E-state index contributed by atoms with van der Waals surface area (Å²) in [5, 5.41) is 2.42. The summed E-state index contributed by atoms with van der Waals surface area (Å²) in [6.45, 7) is 9.34. The molecule has 1 heterocycles. The second-order valence-corrected chi connectivity index (χ2v) is 6.90. The van der Waals surface area contributed by atoms with Crippen LogP contribution in [0.1, 0.15) is 58.1 Å². The van der Waals surface area contributed by atoms with E-state index in [1.54, 1.807) is 0 Å². The molecule has 1 saturated heterocycles. The van der Waals surface area contributed by atoms with Crippen molar-refractivity contribution in [3.8, 4) is 0 Å². The maximum atomic E-state index is 3.76. The zero-order valence-corrected chi connectivity index (χ0v) is 12.7. The molecule has 1 aliphatic rings. The van der Waals surface area contributed by atoms with Gasteiger partial charge in [-0.3, -0.25) is 0 Å². The van der Waals surface area contributed by atoms with Crippen LogP contribution in [0.2, 0.25) is 0 Å². The van der Waals surface area contributed by atoms with Gasteiger partial charge in [-0.15, -0.1) is 0 Å². The maximum Gasteiger partial charge on any atom is 0.0469 e. The predicted octanol–water partition coefficient (Wildman–Crippen LogP) is 4.15. The summed E-state index contributed by atoms with van der Waals surface area (Å²) in [6.07, 6.45) is 5.19. The summed E-state index contributed by atoms with van der Waals surface area (Å²) in [5.74, 6) is 0. The van der Waals surface area contributed by atoms with Crippen molar-refractivity contribution in [2.75, 3.05) is 13.1 Å². The van der Waals surface area contributed by atoms with Crippen LogP contribution in [0.4, 0.5) is 0 Å². The highest BCUT2D eigenvalue weighted by Crippen LogP contribution is 2.29. The lowest BCUT2D eigenvalue weighted by molar-refractivity contribution is 0.111. The van der Waals surface area contributed by atoms with Crippen molar-refractivity contribution >= 4 is 0 Å². The lowest BCUT2D eigenvalue weighted by Crippen LogP contribution is -2.44. The Morgan fingerprint density at radius 1 is 1.05 bits per heavy atom. The zero-order valence-electron chi connectivity index (χ0n) is 12.7. The van der Waals surface area contributed by atoms with Crippen molar-refractivity contribution in [3.05, 3.63) is 35.9 Å². The molecule has 1 aromatic rings. The number of hydrogen-bond acceptors (Lipinski definition) is 2. The van der Waals surface area contributed by atoms with Gasteiger partial charge in [0.05, 0.1) is 0 Å². The van der Waals surface area contributed by atoms with Crippen LogP contribution in [-0.2, 0) is 0 Å². The molecular formula is C17H28N2. The van der Waals surface area contributed by atoms with E-state index in [4.69, 9.17) is 0 Å². The summed E-state index contributed by atoms with van der Waals surface area (Å²) >= 11 is 0. The molecule has 0 radical (unpaired) electrons. The van der Waals surface area contributed by atoms with Crippen LogP contribution < -0.4 is 5.43 Å². The molecule has 0 spiro atoms. The average molecular weight is 260 g/mol. The Labute approximate surface area is 118 Å². The molecule has 0 aliphatic carbocycles. The van der Waals surface area contributed by atoms with E-state index >= 15 is 0 Å². The molecule has 1 fully saturated rings. The Morgan fingerprint density at radius 2 is 1.68 bits per heavy atom. The number of nitrogens with one attached hydrogen (secondary N) is 1. The molecule has 1 aromatic carbocycles. The van der Waals surface area contributed by atoms with E-state index in [0.717, 1.165) is 6.42 Å². The Bertz CT molecular complexity index is 361. The summed E-state index contributed by atoms with van der Waals surface area (Å²) in [4.78, 5) is 0.